The maximum Gasteiger partial charge on any atom is 0.289 e. The molecule has 0 saturated heterocycles. The van der Waals surface area contributed by atoms with Crippen LogP contribution in [0.4, 0.5) is 11.4 Å². The summed E-state index contributed by atoms with van der Waals surface area (Å²) < 4.78 is 22.5. The van der Waals surface area contributed by atoms with Crippen molar-refractivity contribution < 1.29 is 18.1 Å². The predicted octanol–water partition coefficient (Wildman–Crippen LogP) is 1.41. The fourth-order valence-electron chi connectivity index (χ4n) is 1.73. The van der Waals surface area contributed by atoms with Gasteiger partial charge in [0, 0.05) is 28.9 Å². The number of nitrogens with zero attached hydrogens (tertiary/aromatic N) is 1. The molecule has 18 heavy (non-hydrogen) atoms. The van der Waals surface area contributed by atoms with Gasteiger partial charge in [-0.3, -0.25) is 14.9 Å². The number of amides is 1. The molecule has 1 aromatic carbocycles. The van der Waals surface area contributed by atoms with E-state index >= 15 is 0 Å². The Morgan fingerprint density at radius 3 is 2.56 bits per heavy atom. The highest BCUT2D eigenvalue weighted by atomic mass is 35.7. The molecule has 1 aliphatic heterocycles. The average molecular weight is 291 g/mol. The highest BCUT2D eigenvalue weighted by molar-refractivity contribution is 8.13. The maximum atomic E-state index is 11.3. The van der Waals surface area contributed by atoms with Crippen LogP contribution in [-0.4, -0.2) is 19.2 Å². The summed E-state index contributed by atoms with van der Waals surface area (Å²) in [7, 11) is 0.892. The summed E-state index contributed by atoms with van der Waals surface area (Å²) in [6, 6.07) is 2.15. The van der Waals surface area contributed by atoms with Gasteiger partial charge in [0.05, 0.1) is 4.92 Å². The van der Waals surface area contributed by atoms with Gasteiger partial charge >= 0.3 is 0 Å². The molecule has 9 heteroatoms. The van der Waals surface area contributed by atoms with Gasteiger partial charge in [0.15, 0.2) is 4.90 Å². The summed E-state index contributed by atoms with van der Waals surface area (Å²) >= 11 is 0. The first kappa shape index (κ1) is 12.8. The third kappa shape index (κ3) is 2.29. The largest absolute Gasteiger partial charge is 0.326 e. The second-order valence-electron chi connectivity index (χ2n) is 3.72. The van der Waals surface area contributed by atoms with Crippen molar-refractivity contribution in [3.63, 3.8) is 0 Å². The first-order valence-electron chi connectivity index (χ1n) is 4.85. The number of aryl methyl sites for hydroxylation is 1. The topological polar surface area (TPSA) is 106 Å². The summed E-state index contributed by atoms with van der Waals surface area (Å²) in [5.41, 5.74) is 0.182. The second-order valence-corrected chi connectivity index (χ2v) is 6.25. The molecule has 2 rings (SSSR count). The van der Waals surface area contributed by atoms with Crippen LogP contribution in [0, 0.1) is 10.1 Å². The maximum absolute atomic E-state index is 11.3. The number of carbonyl (C=O) groups excluding carboxylic acids is 1. The van der Waals surface area contributed by atoms with Gasteiger partial charge in [0.25, 0.3) is 14.7 Å². The van der Waals surface area contributed by atoms with Gasteiger partial charge in [0.2, 0.25) is 5.91 Å². The lowest BCUT2D eigenvalue weighted by molar-refractivity contribution is -0.387. The highest BCUT2D eigenvalue weighted by Crippen LogP contribution is 2.34. The van der Waals surface area contributed by atoms with Gasteiger partial charge in [-0.05, 0) is 18.1 Å². The fourth-order valence-corrected chi connectivity index (χ4v) is 2.75. The summed E-state index contributed by atoms with van der Waals surface area (Å²) in [6.07, 6.45) is 0.530. The van der Waals surface area contributed by atoms with E-state index in [1.54, 1.807) is 0 Å². The molecule has 96 valence electrons. The van der Waals surface area contributed by atoms with Crippen LogP contribution < -0.4 is 5.32 Å². The molecular weight excluding hydrogens is 284 g/mol. The third-order valence-corrected chi connectivity index (χ3v) is 3.89. The molecular formula is C9H7ClN2O5S. The van der Waals surface area contributed by atoms with E-state index in [4.69, 9.17) is 10.7 Å². The smallest absolute Gasteiger partial charge is 0.289 e. The second kappa shape index (κ2) is 4.21. The van der Waals surface area contributed by atoms with Crippen LogP contribution in [0.2, 0.25) is 0 Å². The van der Waals surface area contributed by atoms with Crippen molar-refractivity contribution in [1.29, 1.82) is 0 Å². The van der Waals surface area contributed by atoms with Crippen LogP contribution in [-0.2, 0) is 20.3 Å². The van der Waals surface area contributed by atoms with Crippen LogP contribution in [0.5, 0.6) is 0 Å². The van der Waals surface area contributed by atoms with Crippen LogP contribution in [0.15, 0.2) is 17.0 Å². The zero-order valence-electron chi connectivity index (χ0n) is 8.84. The van der Waals surface area contributed by atoms with Crippen LogP contribution >= 0.6 is 10.7 Å². The van der Waals surface area contributed by atoms with Gasteiger partial charge in [-0.25, -0.2) is 8.42 Å². The number of carbonyl (C=O) groups is 1. The Hall–Kier alpha value is -1.67. The summed E-state index contributed by atoms with van der Waals surface area (Å²) in [4.78, 5) is 20.6. The number of hydrogen-bond acceptors (Lipinski definition) is 5. The number of nitro benzene ring substituents is 1. The molecule has 1 aliphatic rings. The molecule has 1 heterocycles. The molecule has 1 aromatic rings. The van der Waals surface area contributed by atoms with Crippen molar-refractivity contribution in [3.05, 3.63) is 27.8 Å². The number of hydrogen-bond donors (Lipinski definition) is 1. The molecule has 0 unspecified atom stereocenters. The van der Waals surface area contributed by atoms with Gasteiger partial charge in [-0.1, -0.05) is 0 Å². The monoisotopic (exact) mass is 290 g/mol. The molecule has 0 aromatic heterocycles. The Morgan fingerprint density at radius 1 is 1.33 bits per heavy atom. The van der Waals surface area contributed by atoms with Gasteiger partial charge in [-0.15, -0.1) is 0 Å². The number of rotatable bonds is 2. The van der Waals surface area contributed by atoms with Crippen LogP contribution in [0.1, 0.15) is 12.0 Å². The third-order valence-electron chi connectivity index (χ3n) is 2.54. The first-order valence-corrected chi connectivity index (χ1v) is 7.16. The lowest BCUT2D eigenvalue weighted by Gasteiger charge is -2.17. The Kier molecular flexibility index (Phi) is 2.99. The lowest BCUT2D eigenvalue weighted by atomic mass is 10.0. The Balaban J connectivity index is 2.69. The van der Waals surface area contributed by atoms with Crippen molar-refractivity contribution in [2.24, 2.45) is 0 Å². The van der Waals surface area contributed by atoms with E-state index in [1.165, 1.54) is 0 Å². The van der Waals surface area contributed by atoms with Crippen molar-refractivity contribution in [1.82, 2.24) is 0 Å². The predicted molar refractivity (Wildman–Crippen MR) is 63.1 cm³/mol. The zero-order valence-corrected chi connectivity index (χ0v) is 10.4. The lowest BCUT2D eigenvalue weighted by Crippen LogP contribution is -2.19. The van der Waals surface area contributed by atoms with E-state index in [0.717, 1.165) is 12.1 Å². The minimum absolute atomic E-state index is 0.205. The molecule has 0 fully saturated rings. The molecule has 0 saturated carbocycles. The summed E-state index contributed by atoms with van der Waals surface area (Å²) in [5, 5.41) is 13.3. The molecule has 1 N–H and O–H groups in total. The number of nitro groups is 1. The molecule has 7 nitrogen and oxygen atoms in total. The molecule has 0 spiro atoms. The first-order chi connectivity index (χ1) is 8.29. The fraction of sp³-hybridized carbons (Fsp3) is 0.222. The SMILES string of the molecule is O=C1CCc2cc([N+](=O)[O-])c(S(=O)(=O)Cl)cc2N1. The van der Waals surface area contributed by atoms with Crippen LogP contribution in [0.3, 0.4) is 0 Å². The number of halogens is 1. The number of anilines is 1. The molecule has 0 atom stereocenters. The standard InChI is InChI=1S/C9H7ClN2O5S/c10-18(16,17)8-4-6-5(1-2-9(13)11-6)3-7(8)12(14)15/h3-4H,1-2H2,(H,11,13). The highest BCUT2D eigenvalue weighted by Gasteiger charge is 2.28. The van der Waals surface area contributed by atoms with E-state index in [0.29, 0.717) is 12.0 Å². The molecule has 0 bridgehead atoms. The van der Waals surface area contributed by atoms with Crippen molar-refractivity contribution in [3.8, 4) is 0 Å². The number of fused-ring (bicyclic) bond motifs is 1. The Bertz CT molecular complexity index is 655. The quantitative estimate of drug-likeness (QED) is 0.503. The van der Waals surface area contributed by atoms with Gasteiger partial charge < -0.3 is 5.32 Å². The van der Waals surface area contributed by atoms with E-state index in [2.05, 4.69) is 5.32 Å². The van der Waals surface area contributed by atoms with Crippen molar-refractivity contribution >= 4 is 37.0 Å². The summed E-state index contributed by atoms with van der Waals surface area (Å²) in [6.45, 7) is 0. The van der Waals surface area contributed by atoms with Crippen molar-refractivity contribution in [2.45, 2.75) is 17.7 Å². The van der Waals surface area contributed by atoms with Crippen molar-refractivity contribution in [2.75, 3.05) is 5.32 Å². The van der Waals surface area contributed by atoms with E-state index in [-0.39, 0.29) is 18.0 Å². The summed E-state index contributed by atoms with van der Waals surface area (Å²) in [5.74, 6) is -0.269. The molecule has 0 radical (unpaired) electrons. The van der Waals surface area contributed by atoms with Gasteiger partial charge in [0.1, 0.15) is 0 Å². The molecule has 0 aliphatic carbocycles. The zero-order chi connectivity index (χ0) is 13.5. The average Bonchev–Trinajstić information content (AvgIpc) is 2.25. The minimum atomic E-state index is -4.25. The van der Waals surface area contributed by atoms with Crippen LogP contribution in [0.25, 0.3) is 0 Å². The number of benzene rings is 1. The number of nitrogens with one attached hydrogen (secondary N) is 1. The van der Waals surface area contributed by atoms with Gasteiger partial charge in [-0.2, -0.15) is 0 Å². The normalized spacial score (nSPS) is 14.8. The molecule has 1 amide bonds. The Labute approximate surface area is 106 Å². The van der Waals surface area contributed by atoms with E-state index in [9.17, 15) is 23.3 Å². The van der Waals surface area contributed by atoms with E-state index < -0.39 is 24.6 Å². The Morgan fingerprint density at radius 2 is 2.00 bits per heavy atom. The minimum Gasteiger partial charge on any atom is -0.326 e. The van der Waals surface area contributed by atoms with E-state index in [1.807, 2.05) is 0 Å².